The smallest absolute Gasteiger partial charge is 0.305 e. The Kier molecular flexibility index (Phi) is 4.53. The molecule has 0 bridgehead atoms. The van der Waals surface area contributed by atoms with E-state index < -0.39 is 12.0 Å². The molecule has 0 fully saturated rings. The maximum Gasteiger partial charge on any atom is 0.305 e. The van der Waals surface area contributed by atoms with Gasteiger partial charge in [-0.25, -0.2) is 0 Å². The molecule has 5 heteroatoms. The first-order valence-corrected chi connectivity index (χ1v) is 7.11. The first-order valence-electron chi connectivity index (χ1n) is 6.23. The second-order valence-corrected chi connectivity index (χ2v) is 5.42. The van der Waals surface area contributed by atoms with Crippen LogP contribution >= 0.6 is 11.3 Å². The van der Waals surface area contributed by atoms with E-state index in [1.165, 1.54) is 11.3 Å². The van der Waals surface area contributed by atoms with Gasteiger partial charge in [0.25, 0.3) is 5.91 Å². The number of carboxylic acid groups (broad SMARTS) is 1. The number of aliphatic carboxylic acids is 1. The average molecular weight is 289 g/mol. The molecule has 1 unspecified atom stereocenters. The molecule has 1 atom stereocenters. The summed E-state index contributed by atoms with van der Waals surface area (Å²) >= 11 is 1.35. The van der Waals surface area contributed by atoms with Gasteiger partial charge >= 0.3 is 5.97 Å². The maximum absolute atomic E-state index is 12.2. The molecule has 2 aromatic rings. The standard InChI is InChI=1S/C15H15NO3S/c1-10(9-13(17)18)16-15(19)14-12(7-8-20-14)11-5-3-2-4-6-11/h2-8,10H,9H2,1H3,(H,16,19)(H,17,18). The van der Waals surface area contributed by atoms with E-state index in [1.807, 2.05) is 41.8 Å². The first-order chi connectivity index (χ1) is 9.58. The van der Waals surface area contributed by atoms with E-state index in [-0.39, 0.29) is 12.3 Å². The Morgan fingerprint density at radius 2 is 1.95 bits per heavy atom. The molecule has 1 aromatic heterocycles. The van der Waals surface area contributed by atoms with Crippen LogP contribution in [0.15, 0.2) is 41.8 Å². The Bertz CT molecular complexity index is 607. The van der Waals surface area contributed by atoms with Crippen LogP contribution in [0.4, 0.5) is 0 Å². The van der Waals surface area contributed by atoms with Crippen LogP contribution in [0.1, 0.15) is 23.0 Å². The molecule has 0 aliphatic heterocycles. The Labute approximate surface area is 121 Å². The van der Waals surface area contributed by atoms with Gasteiger partial charge in [-0.2, -0.15) is 0 Å². The van der Waals surface area contributed by atoms with Crippen molar-refractivity contribution >= 4 is 23.2 Å². The third kappa shape index (κ3) is 3.45. The normalized spacial score (nSPS) is 11.8. The van der Waals surface area contributed by atoms with Crippen molar-refractivity contribution in [2.45, 2.75) is 19.4 Å². The number of rotatable bonds is 5. The molecule has 104 valence electrons. The van der Waals surface area contributed by atoms with Gasteiger partial charge in [0, 0.05) is 11.6 Å². The number of amides is 1. The lowest BCUT2D eigenvalue weighted by Crippen LogP contribution is -2.33. The number of benzene rings is 1. The highest BCUT2D eigenvalue weighted by atomic mass is 32.1. The molecule has 0 aliphatic carbocycles. The van der Waals surface area contributed by atoms with E-state index in [1.54, 1.807) is 6.92 Å². The van der Waals surface area contributed by atoms with Gasteiger partial charge in [-0.05, 0) is 23.9 Å². The summed E-state index contributed by atoms with van der Waals surface area (Å²) in [7, 11) is 0. The fourth-order valence-electron chi connectivity index (χ4n) is 1.93. The summed E-state index contributed by atoms with van der Waals surface area (Å²) in [5.74, 6) is -1.15. The lowest BCUT2D eigenvalue weighted by Gasteiger charge is -2.11. The van der Waals surface area contributed by atoms with E-state index in [0.717, 1.165) is 11.1 Å². The Morgan fingerprint density at radius 1 is 1.25 bits per heavy atom. The predicted octanol–water partition coefficient (Wildman–Crippen LogP) is 3.01. The summed E-state index contributed by atoms with van der Waals surface area (Å²) in [4.78, 5) is 23.4. The van der Waals surface area contributed by atoms with Crippen molar-refractivity contribution in [1.29, 1.82) is 0 Å². The number of nitrogens with one attached hydrogen (secondary N) is 1. The molecule has 2 rings (SSSR count). The fraction of sp³-hybridized carbons (Fsp3) is 0.200. The Hall–Kier alpha value is -2.14. The zero-order valence-corrected chi connectivity index (χ0v) is 11.8. The number of carbonyl (C=O) groups excluding carboxylic acids is 1. The lowest BCUT2D eigenvalue weighted by molar-refractivity contribution is -0.137. The summed E-state index contributed by atoms with van der Waals surface area (Å²) < 4.78 is 0. The number of carboxylic acids is 1. The van der Waals surface area contributed by atoms with Crippen LogP contribution in [-0.4, -0.2) is 23.0 Å². The second-order valence-electron chi connectivity index (χ2n) is 4.50. The highest BCUT2D eigenvalue weighted by molar-refractivity contribution is 7.12. The van der Waals surface area contributed by atoms with Crippen molar-refractivity contribution in [3.8, 4) is 11.1 Å². The largest absolute Gasteiger partial charge is 0.481 e. The van der Waals surface area contributed by atoms with Crippen molar-refractivity contribution < 1.29 is 14.7 Å². The number of carbonyl (C=O) groups is 2. The molecule has 0 saturated carbocycles. The van der Waals surface area contributed by atoms with Crippen molar-refractivity contribution in [3.05, 3.63) is 46.7 Å². The van der Waals surface area contributed by atoms with Crippen LogP contribution in [0.2, 0.25) is 0 Å². The number of thiophene rings is 1. The van der Waals surface area contributed by atoms with Crippen molar-refractivity contribution in [3.63, 3.8) is 0 Å². The predicted molar refractivity (Wildman–Crippen MR) is 78.9 cm³/mol. The van der Waals surface area contributed by atoms with Crippen LogP contribution in [0.5, 0.6) is 0 Å². The van der Waals surface area contributed by atoms with Gasteiger partial charge in [-0.1, -0.05) is 30.3 Å². The van der Waals surface area contributed by atoms with Crippen molar-refractivity contribution in [2.24, 2.45) is 0 Å². The third-order valence-electron chi connectivity index (χ3n) is 2.81. The molecule has 0 radical (unpaired) electrons. The molecule has 0 spiro atoms. The minimum atomic E-state index is -0.924. The van der Waals surface area contributed by atoms with E-state index in [4.69, 9.17) is 5.11 Å². The van der Waals surface area contributed by atoms with Gasteiger partial charge in [-0.3, -0.25) is 9.59 Å². The van der Waals surface area contributed by atoms with Gasteiger partial charge in [0.05, 0.1) is 11.3 Å². The Morgan fingerprint density at radius 3 is 2.60 bits per heavy atom. The molecule has 1 aromatic carbocycles. The van der Waals surface area contributed by atoms with E-state index in [2.05, 4.69) is 5.32 Å². The van der Waals surface area contributed by atoms with Crippen molar-refractivity contribution in [2.75, 3.05) is 0 Å². The molecule has 1 heterocycles. The van der Waals surface area contributed by atoms with Crippen LogP contribution in [-0.2, 0) is 4.79 Å². The molecule has 0 aliphatic rings. The summed E-state index contributed by atoms with van der Waals surface area (Å²) in [6.45, 7) is 1.68. The molecule has 4 nitrogen and oxygen atoms in total. The average Bonchev–Trinajstić information content (AvgIpc) is 2.87. The topological polar surface area (TPSA) is 66.4 Å². The number of hydrogen-bond donors (Lipinski definition) is 2. The van der Waals surface area contributed by atoms with Gasteiger partial charge in [0.1, 0.15) is 0 Å². The molecular weight excluding hydrogens is 274 g/mol. The second kappa shape index (κ2) is 6.34. The van der Waals surface area contributed by atoms with Crippen LogP contribution < -0.4 is 5.32 Å². The fourth-order valence-corrected chi connectivity index (χ4v) is 2.75. The number of hydrogen-bond acceptors (Lipinski definition) is 3. The monoisotopic (exact) mass is 289 g/mol. The zero-order valence-electron chi connectivity index (χ0n) is 11.0. The molecule has 0 saturated heterocycles. The summed E-state index contributed by atoms with van der Waals surface area (Å²) in [6.07, 6.45) is -0.0855. The molecule has 2 N–H and O–H groups in total. The quantitative estimate of drug-likeness (QED) is 0.889. The lowest BCUT2D eigenvalue weighted by atomic mass is 10.1. The van der Waals surface area contributed by atoms with Crippen LogP contribution in [0, 0.1) is 0 Å². The SMILES string of the molecule is CC(CC(=O)O)NC(=O)c1sccc1-c1ccccc1. The zero-order chi connectivity index (χ0) is 14.5. The van der Waals surface area contributed by atoms with Gasteiger partial charge in [0.15, 0.2) is 0 Å². The van der Waals surface area contributed by atoms with Crippen LogP contribution in [0.25, 0.3) is 11.1 Å². The highest BCUT2D eigenvalue weighted by Crippen LogP contribution is 2.28. The van der Waals surface area contributed by atoms with Gasteiger partial charge in [-0.15, -0.1) is 11.3 Å². The third-order valence-corrected chi connectivity index (χ3v) is 3.73. The minimum Gasteiger partial charge on any atom is -0.481 e. The summed E-state index contributed by atoms with van der Waals surface area (Å²) in [5, 5.41) is 13.3. The van der Waals surface area contributed by atoms with Gasteiger partial charge in [0.2, 0.25) is 0 Å². The highest BCUT2D eigenvalue weighted by Gasteiger charge is 2.17. The first kappa shape index (κ1) is 14.3. The van der Waals surface area contributed by atoms with Crippen LogP contribution in [0.3, 0.4) is 0 Å². The Balaban J connectivity index is 2.16. The summed E-state index contributed by atoms with van der Waals surface area (Å²) in [6, 6.07) is 11.1. The maximum atomic E-state index is 12.2. The minimum absolute atomic E-state index is 0.0855. The van der Waals surface area contributed by atoms with E-state index in [0.29, 0.717) is 4.88 Å². The molecule has 20 heavy (non-hydrogen) atoms. The van der Waals surface area contributed by atoms with Crippen molar-refractivity contribution in [1.82, 2.24) is 5.32 Å². The molecular formula is C15H15NO3S. The summed E-state index contributed by atoms with van der Waals surface area (Å²) in [5.41, 5.74) is 1.85. The van der Waals surface area contributed by atoms with E-state index in [9.17, 15) is 9.59 Å². The molecule has 1 amide bonds. The van der Waals surface area contributed by atoms with Gasteiger partial charge < -0.3 is 10.4 Å². The van der Waals surface area contributed by atoms with E-state index >= 15 is 0 Å².